The van der Waals surface area contributed by atoms with Crippen molar-refractivity contribution in [2.24, 2.45) is 34.0 Å². The monoisotopic (exact) mass is 976 g/mol. The number of unbranched alkanes of at least 4 members (excludes halogenated alkanes) is 1. The van der Waals surface area contributed by atoms with Gasteiger partial charge in [-0.2, -0.15) is 83.4 Å². The molecule has 3 saturated carbocycles. The van der Waals surface area contributed by atoms with E-state index in [0.29, 0.717) is 19.8 Å². The van der Waals surface area contributed by atoms with Crippen LogP contribution >= 0.6 is 0 Å². The van der Waals surface area contributed by atoms with Gasteiger partial charge in [-0.05, 0) is 99.7 Å². The quantitative estimate of drug-likeness (QED) is 0.0615. The minimum atomic E-state index is -7.76. The zero-order valence-corrected chi connectivity index (χ0v) is 36.8. The molecule has 0 aliphatic heterocycles. The van der Waals surface area contributed by atoms with Crippen LogP contribution in [0, 0.1) is 34.0 Å². The lowest BCUT2D eigenvalue weighted by Gasteiger charge is -2.58. The molecule has 3 fully saturated rings. The van der Waals surface area contributed by atoms with Crippen LogP contribution in [-0.4, -0.2) is 85.1 Å². The minimum Gasteiger partial charge on any atom is -0.353 e. The van der Waals surface area contributed by atoms with Gasteiger partial charge in [0.1, 0.15) is 5.60 Å². The Hall–Kier alpha value is -1.49. The number of alkyl halides is 19. The average Bonchev–Trinajstić information content (AvgIpc) is 3.76. The van der Waals surface area contributed by atoms with Gasteiger partial charge in [0.05, 0.1) is 0 Å². The summed E-state index contributed by atoms with van der Waals surface area (Å²) < 4.78 is 307. The van der Waals surface area contributed by atoms with Crippen molar-refractivity contribution in [3.8, 4) is 0 Å². The standard InChI is InChI=1S/C41H59F19O4/c1-9-12-20-62-24(4)63-32(34(42,43)39(52,53)54)17-14-13-15-28(32)30(8,11-3)23-29(6,7)31-18-16-26(21-31)27(22-31)33(64-25(5)61-19-10-2,35(44,45)37(48,49)40(55,56)57)36(46,47)38(50,51)41(58,59)60/h24-28H,9-23H2,1-8H3. The highest BCUT2D eigenvalue weighted by atomic mass is 19.4. The number of halogens is 19. The largest absolute Gasteiger partial charge is 0.459 e. The van der Waals surface area contributed by atoms with Crippen LogP contribution in [-0.2, 0) is 18.9 Å². The van der Waals surface area contributed by atoms with Gasteiger partial charge in [0.15, 0.2) is 12.6 Å². The molecule has 3 aliphatic carbocycles. The maximum absolute atomic E-state index is 16.6. The molecule has 8 atom stereocenters. The molecule has 0 aromatic carbocycles. The van der Waals surface area contributed by atoms with E-state index in [-0.39, 0.29) is 45.1 Å². The Balaban J connectivity index is 2.36. The van der Waals surface area contributed by atoms with Gasteiger partial charge >= 0.3 is 48.1 Å². The lowest BCUT2D eigenvalue weighted by molar-refractivity contribution is -0.478. The summed E-state index contributed by atoms with van der Waals surface area (Å²) in [4.78, 5) is 0. The molecule has 0 N–H and O–H groups in total. The van der Waals surface area contributed by atoms with Crippen molar-refractivity contribution in [1.29, 1.82) is 0 Å². The summed E-state index contributed by atoms with van der Waals surface area (Å²) in [5, 5.41) is 0. The van der Waals surface area contributed by atoms with Crippen LogP contribution in [0.4, 0.5) is 83.4 Å². The molecule has 0 spiro atoms. The first-order valence-corrected chi connectivity index (χ1v) is 21.4. The van der Waals surface area contributed by atoms with Crippen LogP contribution in [0.15, 0.2) is 0 Å². The Bertz CT molecular complexity index is 1510. The molecule has 0 radical (unpaired) electrons. The van der Waals surface area contributed by atoms with Gasteiger partial charge in [0, 0.05) is 19.1 Å². The first kappa shape index (κ1) is 56.8. The third-order valence-electron chi connectivity index (χ3n) is 14.6. The molecule has 0 saturated heterocycles. The highest BCUT2D eigenvalue weighted by molar-refractivity contribution is 5.25. The van der Waals surface area contributed by atoms with E-state index in [1.807, 2.05) is 0 Å². The molecule has 4 nitrogen and oxygen atoms in total. The zero-order valence-electron chi connectivity index (χ0n) is 36.8. The van der Waals surface area contributed by atoms with Crippen LogP contribution in [0.5, 0.6) is 0 Å². The highest BCUT2D eigenvalue weighted by Crippen LogP contribution is 2.75. The molecule has 23 heteroatoms. The predicted octanol–water partition coefficient (Wildman–Crippen LogP) is 15.1. The van der Waals surface area contributed by atoms with E-state index in [1.165, 1.54) is 34.6 Å². The maximum Gasteiger partial charge on any atom is 0.459 e. The van der Waals surface area contributed by atoms with E-state index < -0.39 is 145 Å². The van der Waals surface area contributed by atoms with Gasteiger partial charge in [0.25, 0.3) is 0 Å². The Labute approximate surface area is 360 Å². The molecule has 2 bridgehead atoms. The second kappa shape index (κ2) is 18.4. The molecule has 3 aliphatic rings. The molecule has 0 aromatic heterocycles. The van der Waals surface area contributed by atoms with Crippen LogP contribution in [0.1, 0.15) is 139 Å². The van der Waals surface area contributed by atoms with Crippen molar-refractivity contribution >= 4 is 0 Å². The third kappa shape index (κ3) is 9.09. The van der Waals surface area contributed by atoms with E-state index in [9.17, 15) is 39.5 Å². The van der Waals surface area contributed by atoms with E-state index in [4.69, 9.17) is 14.2 Å². The summed E-state index contributed by atoms with van der Waals surface area (Å²) in [6.45, 7) is 8.98. The summed E-state index contributed by atoms with van der Waals surface area (Å²) in [5.41, 5.74) is -15.1. The van der Waals surface area contributed by atoms with Gasteiger partial charge in [-0.1, -0.05) is 67.2 Å². The van der Waals surface area contributed by atoms with Crippen LogP contribution < -0.4 is 0 Å². The Morgan fingerprint density at radius 3 is 1.55 bits per heavy atom. The summed E-state index contributed by atoms with van der Waals surface area (Å²) in [5.74, 6) is -43.4. The van der Waals surface area contributed by atoms with Crippen molar-refractivity contribution in [3.63, 3.8) is 0 Å². The molecule has 0 heterocycles. The van der Waals surface area contributed by atoms with Gasteiger partial charge in [0.2, 0.25) is 5.60 Å². The van der Waals surface area contributed by atoms with Crippen molar-refractivity contribution in [1.82, 2.24) is 0 Å². The number of rotatable bonds is 22. The molecular weight excluding hydrogens is 917 g/mol. The summed E-state index contributed by atoms with van der Waals surface area (Å²) in [6.07, 6.45) is -30.3. The Morgan fingerprint density at radius 2 is 1.09 bits per heavy atom. The van der Waals surface area contributed by atoms with Gasteiger partial charge < -0.3 is 18.9 Å². The fourth-order valence-corrected chi connectivity index (χ4v) is 11.3. The predicted molar refractivity (Wildman–Crippen MR) is 193 cm³/mol. The molecular formula is C41H59F19O4. The fraction of sp³-hybridized carbons (Fsp3) is 1.00. The highest BCUT2D eigenvalue weighted by Gasteiger charge is 2.94. The van der Waals surface area contributed by atoms with Crippen LogP contribution in [0.3, 0.4) is 0 Å². The number of hydrogen-bond acceptors (Lipinski definition) is 4. The van der Waals surface area contributed by atoms with Crippen LogP contribution in [0.25, 0.3) is 0 Å². The first-order valence-electron chi connectivity index (χ1n) is 21.4. The summed E-state index contributed by atoms with van der Waals surface area (Å²) in [7, 11) is 0. The second-order valence-electron chi connectivity index (χ2n) is 18.9. The minimum absolute atomic E-state index is 0.0865. The molecule has 3 rings (SSSR count). The molecule has 0 amide bonds. The van der Waals surface area contributed by atoms with E-state index in [2.05, 4.69) is 4.74 Å². The SMILES string of the molecule is CCCCOC(C)OC1(C(F)(F)C(F)(F)F)CCCCC1C(C)(CC)CC(C)(C)C12CCC(C1)C(C(OC(C)OCCC)(C(F)(F)C(F)(F)C(F)(F)F)C(F)(F)C(F)(F)C(F)(F)F)C2. The number of hydrogen-bond donors (Lipinski definition) is 0. The Morgan fingerprint density at radius 1 is 0.578 bits per heavy atom. The third-order valence-corrected chi connectivity index (χ3v) is 14.6. The van der Waals surface area contributed by atoms with E-state index in [1.54, 1.807) is 6.92 Å². The topological polar surface area (TPSA) is 36.9 Å². The zero-order chi connectivity index (χ0) is 49.8. The summed E-state index contributed by atoms with van der Waals surface area (Å²) >= 11 is 0. The maximum atomic E-state index is 16.6. The average molecular weight is 977 g/mol. The summed E-state index contributed by atoms with van der Waals surface area (Å²) in [6, 6.07) is 0. The smallest absolute Gasteiger partial charge is 0.353 e. The van der Waals surface area contributed by atoms with Gasteiger partial charge in [-0.15, -0.1) is 0 Å². The van der Waals surface area contributed by atoms with Crippen molar-refractivity contribution < 1.29 is 102 Å². The normalized spacial score (nSPS) is 28.1. The molecule has 8 unspecified atom stereocenters. The van der Waals surface area contributed by atoms with E-state index >= 15 is 43.9 Å². The lowest BCUT2D eigenvalue weighted by Crippen LogP contribution is -2.80. The lowest BCUT2D eigenvalue weighted by atomic mass is 9.50. The van der Waals surface area contributed by atoms with Crippen molar-refractivity contribution in [2.75, 3.05) is 13.2 Å². The van der Waals surface area contributed by atoms with Gasteiger partial charge in [-0.3, -0.25) is 0 Å². The van der Waals surface area contributed by atoms with E-state index in [0.717, 1.165) is 6.92 Å². The van der Waals surface area contributed by atoms with Crippen LogP contribution in [0.2, 0.25) is 0 Å². The second-order valence-corrected chi connectivity index (χ2v) is 18.9. The number of ether oxygens (including phenoxy) is 4. The molecule has 380 valence electrons. The van der Waals surface area contributed by atoms with Crippen molar-refractivity contribution in [3.05, 3.63) is 0 Å². The van der Waals surface area contributed by atoms with Crippen molar-refractivity contribution in [2.45, 2.75) is 211 Å². The molecule has 64 heavy (non-hydrogen) atoms. The first-order chi connectivity index (χ1) is 28.7. The Kier molecular flexibility index (Phi) is 16.4. The molecule has 0 aromatic rings. The van der Waals surface area contributed by atoms with Gasteiger partial charge in [-0.25, -0.2) is 0 Å². The number of fused-ring (bicyclic) bond motifs is 2. The fourth-order valence-electron chi connectivity index (χ4n) is 11.3.